The number of carbonyl (C=O) groups excluding carboxylic acids is 12. The van der Waals surface area contributed by atoms with Crippen LogP contribution in [0.3, 0.4) is 0 Å². The molecule has 12 atom stereocenters. The second kappa shape index (κ2) is 41.7. The van der Waals surface area contributed by atoms with E-state index in [1.807, 2.05) is 20.8 Å². The van der Waals surface area contributed by atoms with Gasteiger partial charge in [-0.05, 0) is 46.5 Å². The molecule has 6 rings (SSSR count). The normalized spacial score (nSPS) is 29.1. The molecule has 6 fully saturated rings. The van der Waals surface area contributed by atoms with Crippen LogP contribution in [0.4, 0.5) is 13.2 Å². The Balaban J connectivity index is 0.000000565. The minimum atomic E-state index is -4.85. The van der Waals surface area contributed by atoms with Crippen molar-refractivity contribution in [3.8, 4) is 0 Å². The fourth-order valence-electron chi connectivity index (χ4n) is 8.05. The molecule has 12 unspecified atom stereocenters. The highest BCUT2D eigenvalue weighted by atomic mass is 19.4. The zero-order valence-electron chi connectivity index (χ0n) is 54.9. The summed E-state index contributed by atoms with van der Waals surface area (Å²) >= 11 is 0. The van der Waals surface area contributed by atoms with Crippen LogP contribution in [0.25, 0.3) is 0 Å². The Bertz CT molecular complexity index is 2330. The molecule has 0 spiro atoms. The Hall–Kier alpha value is -7.05. The average molecular weight is 1380 g/mol. The number of hydrogen-bond acceptors (Lipinski definition) is 36. The number of halogens is 3. The molecule has 6 aliphatic rings. The van der Waals surface area contributed by atoms with E-state index in [9.17, 15) is 70.7 Å². The van der Waals surface area contributed by atoms with Crippen LogP contribution < -0.4 is 0 Å². The van der Waals surface area contributed by atoms with Gasteiger partial charge in [0, 0.05) is 0 Å². The summed E-state index contributed by atoms with van der Waals surface area (Å²) in [4.78, 5) is 135. The highest BCUT2D eigenvalue weighted by molar-refractivity contribution is 5.89. The molecule has 94 heavy (non-hydrogen) atoms. The fraction of sp³-hybridized carbons (Fsp3) is 0.782. The van der Waals surface area contributed by atoms with Gasteiger partial charge >= 0.3 is 77.8 Å². The molecule has 6 aliphatic heterocycles. The van der Waals surface area contributed by atoms with E-state index >= 15 is 0 Å². The van der Waals surface area contributed by atoms with Crippen LogP contribution in [-0.2, 0) is 171 Å². The van der Waals surface area contributed by atoms with Gasteiger partial charge in [0.2, 0.25) is 0 Å². The molecule has 0 amide bonds. The summed E-state index contributed by atoms with van der Waals surface area (Å²) in [7, 11) is 14.1. The Morgan fingerprint density at radius 3 is 0.745 bits per heavy atom. The SMILES string of the molecule is CCC1OC(C(=O)OC)C(C(=O)OC)O1.CCCC1OC(C(=O)OC)C(C(=O)OC)O1.CCCCC1OC(C(=O)OC)C(C(=O)OC)O1.COC(=O)C1OC(C(F)(F)F)OC1C(=O)OC.COC(=O)C1OC(C)(C)OC1C(=O)OC.COC(=O)C1OC(C)OC1C(=O)OC. The lowest BCUT2D eigenvalue weighted by atomic mass is 10.2. The van der Waals surface area contributed by atoms with Gasteiger partial charge in [0.25, 0.3) is 6.29 Å². The van der Waals surface area contributed by atoms with E-state index in [1.165, 1.54) is 71.1 Å². The molecular formula is C55H83F3O36. The van der Waals surface area contributed by atoms with E-state index in [0.29, 0.717) is 19.3 Å². The van der Waals surface area contributed by atoms with Gasteiger partial charge < -0.3 is 114 Å². The van der Waals surface area contributed by atoms with Crippen molar-refractivity contribution in [2.75, 3.05) is 85.3 Å². The molecule has 6 saturated heterocycles. The lowest BCUT2D eigenvalue weighted by molar-refractivity contribution is -0.279. The standard InChI is InChI=1S/C11H18O6.C10H16O6.2C9H14O6.C8H9F3O6.C8H12O6/c1-4-5-6-7-16-8(10(12)14-2)9(17-7)11(13)15-3;1-4-5-6-15-7(9(11)13-2)8(16-6)10(12)14-3;1-9(2)14-5(7(10)12-3)6(15-9)8(11)13-4;1-4-5-14-6(8(10)12-2)7(15-5)9(11)13-3;1-14-5(12)3-4(6(13)15-2)17-7(16-3)8(9,10)11;1-4-13-5(7(9)11-2)6(14-4)8(10)12-3/h7-9H,4-6H2,1-3H3;6-8H,4-5H2,1-3H3;5-6H,1-4H3;5-7H,4H2,1-3H3;3-4,7H,1-2H3;4-6H,1-3H3. The van der Waals surface area contributed by atoms with Crippen molar-refractivity contribution < 1.29 is 184 Å². The van der Waals surface area contributed by atoms with Gasteiger partial charge in [-0.15, -0.1) is 0 Å². The van der Waals surface area contributed by atoms with Crippen molar-refractivity contribution in [1.29, 1.82) is 0 Å². The predicted molar refractivity (Wildman–Crippen MR) is 292 cm³/mol. The summed E-state index contributed by atoms with van der Waals surface area (Å²) in [6.07, 6.45) is -19.3. The van der Waals surface area contributed by atoms with Crippen LogP contribution in [0.1, 0.15) is 80.1 Å². The first-order valence-electron chi connectivity index (χ1n) is 28.1. The molecule has 0 aliphatic carbocycles. The van der Waals surface area contributed by atoms with Gasteiger partial charge in [-0.2, -0.15) is 13.2 Å². The molecule has 540 valence electrons. The Kier molecular flexibility index (Phi) is 37.7. The van der Waals surface area contributed by atoms with E-state index in [-0.39, 0.29) is 0 Å². The minimum Gasteiger partial charge on any atom is -0.467 e. The molecule has 0 aromatic rings. The van der Waals surface area contributed by atoms with Crippen LogP contribution in [0, 0.1) is 0 Å². The third-order valence-corrected chi connectivity index (χ3v) is 12.6. The molecule has 36 nitrogen and oxygen atoms in total. The highest BCUT2D eigenvalue weighted by Crippen LogP contribution is 2.34. The Labute approximate surface area is 537 Å². The van der Waals surface area contributed by atoms with Gasteiger partial charge in [-0.25, -0.2) is 57.5 Å². The third-order valence-electron chi connectivity index (χ3n) is 12.6. The topological polar surface area (TPSA) is 426 Å². The van der Waals surface area contributed by atoms with E-state index in [1.54, 1.807) is 20.8 Å². The summed E-state index contributed by atoms with van der Waals surface area (Å²) in [5.41, 5.74) is 0. The summed E-state index contributed by atoms with van der Waals surface area (Å²) in [6, 6.07) is 0. The Morgan fingerprint density at radius 1 is 0.319 bits per heavy atom. The smallest absolute Gasteiger partial charge is 0.440 e. The van der Waals surface area contributed by atoms with Crippen LogP contribution in [0.15, 0.2) is 0 Å². The molecule has 39 heteroatoms. The zero-order valence-corrected chi connectivity index (χ0v) is 54.9. The molecule has 0 saturated carbocycles. The van der Waals surface area contributed by atoms with Gasteiger partial charge in [0.05, 0.1) is 85.3 Å². The molecule has 0 N–H and O–H groups in total. The maximum Gasteiger partial charge on any atom is 0.440 e. The number of unbranched alkanes of at least 4 members (excludes halogenated alkanes) is 1. The van der Waals surface area contributed by atoms with Crippen molar-refractivity contribution in [3.05, 3.63) is 0 Å². The second-order valence-electron chi connectivity index (χ2n) is 19.4. The van der Waals surface area contributed by atoms with Gasteiger partial charge in [0.15, 0.2) is 104 Å². The zero-order chi connectivity index (χ0) is 72.0. The molecule has 0 radical (unpaired) electrons. The van der Waals surface area contributed by atoms with Gasteiger partial charge in [0.1, 0.15) is 0 Å². The lowest BCUT2D eigenvalue weighted by Crippen LogP contribution is -2.38. The average Bonchev–Trinajstić information content (AvgIpc) is 1.71. The van der Waals surface area contributed by atoms with E-state index in [4.69, 9.17) is 47.4 Å². The number of alkyl halides is 3. The molecule has 0 aromatic carbocycles. The maximum absolute atomic E-state index is 12.3. The van der Waals surface area contributed by atoms with Crippen molar-refractivity contribution >= 4 is 71.6 Å². The van der Waals surface area contributed by atoms with Crippen molar-refractivity contribution in [3.63, 3.8) is 0 Å². The molecule has 6 heterocycles. The highest BCUT2D eigenvalue weighted by Gasteiger charge is 2.57. The van der Waals surface area contributed by atoms with E-state index < -0.39 is 188 Å². The first kappa shape index (κ1) is 85.0. The largest absolute Gasteiger partial charge is 0.467 e. The van der Waals surface area contributed by atoms with Crippen LogP contribution in [0.2, 0.25) is 0 Å². The van der Waals surface area contributed by atoms with Gasteiger partial charge in [-0.3, -0.25) is 0 Å². The van der Waals surface area contributed by atoms with Crippen LogP contribution >= 0.6 is 0 Å². The second-order valence-corrected chi connectivity index (χ2v) is 19.4. The number of methoxy groups -OCH3 is 12. The summed E-state index contributed by atoms with van der Waals surface area (Å²) < 4.78 is 151. The first-order chi connectivity index (χ1) is 44.2. The minimum absolute atomic E-state index is 0.543. The number of carbonyl (C=O) groups is 12. The molecular weight excluding hydrogens is 1290 g/mol. The summed E-state index contributed by atoms with van der Waals surface area (Å²) in [6.45, 7) is 10.6. The molecule has 0 bridgehead atoms. The maximum atomic E-state index is 12.3. The van der Waals surface area contributed by atoms with Crippen LogP contribution in [0.5, 0.6) is 0 Å². The van der Waals surface area contributed by atoms with Crippen molar-refractivity contribution in [2.45, 2.75) is 197 Å². The number of ether oxygens (including phenoxy) is 24. The van der Waals surface area contributed by atoms with Gasteiger partial charge in [-0.1, -0.05) is 33.6 Å². The first-order valence-corrected chi connectivity index (χ1v) is 28.1. The summed E-state index contributed by atoms with van der Waals surface area (Å²) in [5.74, 6) is -9.69. The lowest BCUT2D eigenvalue weighted by Gasteiger charge is -2.15. The number of rotatable bonds is 18. The van der Waals surface area contributed by atoms with Crippen LogP contribution in [-0.4, -0.2) is 274 Å². The molecule has 0 aromatic heterocycles. The fourth-order valence-corrected chi connectivity index (χ4v) is 8.05. The van der Waals surface area contributed by atoms with E-state index in [2.05, 4.69) is 66.3 Å². The number of hydrogen-bond donors (Lipinski definition) is 0. The van der Waals surface area contributed by atoms with E-state index in [0.717, 1.165) is 33.5 Å². The Morgan fingerprint density at radius 2 is 0.532 bits per heavy atom. The number of esters is 12. The monoisotopic (exact) mass is 1380 g/mol. The quantitative estimate of drug-likeness (QED) is 0.129. The summed E-state index contributed by atoms with van der Waals surface area (Å²) in [5, 5.41) is 0. The third kappa shape index (κ3) is 25.3. The van der Waals surface area contributed by atoms with Crippen molar-refractivity contribution in [2.24, 2.45) is 0 Å². The predicted octanol–water partition coefficient (Wildman–Crippen LogP) is 0.0475. The van der Waals surface area contributed by atoms with Crippen molar-refractivity contribution in [1.82, 2.24) is 0 Å².